The second-order valence-electron chi connectivity index (χ2n) is 3.67. The third kappa shape index (κ3) is 1.78. The Morgan fingerprint density at radius 1 is 1.43 bits per heavy atom. The van der Waals surface area contributed by atoms with Crippen molar-refractivity contribution in [2.75, 3.05) is 0 Å². The van der Waals surface area contributed by atoms with Gasteiger partial charge in [-0.15, -0.1) is 11.8 Å². The molecular weight excluding hydrogens is 190 g/mol. The number of hydrogen-bond acceptors (Lipinski definition) is 2. The van der Waals surface area contributed by atoms with Gasteiger partial charge in [-0.2, -0.15) is 5.26 Å². The smallest absolute Gasteiger partial charge is 0.107 e. The quantitative estimate of drug-likeness (QED) is 0.751. The summed E-state index contributed by atoms with van der Waals surface area (Å²) in [7, 11) is 0. The molecule has 1 nitrogen and oxygen atoms in total. The molecule has 1 aromatic carbocycles. The molecule has 1 aliphatic carbocycles. The van der Waals surface area contributed by atoms with Crippen LogP contribution in [-0.4, -0.2) is 4.75 Å². The van der Waals surface area contributed by atoms with Gasteiger partial charge in [0.25, 0.3) is 0 Å². The molecule has 0 amide bonds. The van der Waals surface area contributed by atoms with E-state index >= 15 is 0 Å². The Bertz CT molecular complexity index is 374. The number of thioether (sulfide) groups is 1. The average Bonchev–Trinajstić information content (AvgIpc) is 2.99. The molecule has 0 unspecified atom stereocenters. The van der Waals surface area contributed by atoms with E-state index in [9.17, 15) is 0 Å². The molecule has 1 fully saturated rings. The lowest BCUT2D eigenvalue weighted by molar-refractivity contribution is 1.07. The molecule has 0 atom stereocenters. The van der Waals surface area contributed by atoms with Gasteiger partial charge in [-0.3, -0.25) is 0 Å². The minimum Gasteiger partial charge on any atom is -0.197 e. The maximum atomic E-state index is 9.01. The number of nitriles is 1. The highest BCUT2D eigenvalue weighted by molar-refractivity contribution is 8.01. The lowest BCUT2D eigenvalue weighted by Crippen LogP contribution is -1.98. The summed E-state index contributed by atoms with van der Waals surface area (Å²) in [5.41, 5.74) is 1.36. The standard InChI is InChI=1S/C12H13NS/c1-2-10-5-3-4-6-11(10)14-12(9-13)7-8-12/h3-6H,2,7-8H2,1H3. The summed E-state index contributed by atoms with van der Waals surface area (Å²) in [5, 5.41) is 9.01. The number of rotatable bonds is 3. The Morgan fingerprint density at radius 3 is 2.71 bits per heavy atom. The molecule has 1 aromatic rings. The maximum Gasteiger partial charge on any atom is 0.107 e. The summed E-state index contributed by atoms with van der Waals surface area (Å²) in [6, 6.07) is 10.8. The number of aryl methyl sites for hydroxylation is 1. The fourth-order valence-corrected chi connectivity index (χ4v) is 2.72. The van der Waals surface area contributed by atoms with Crippen LogP contribution in [0.4, 0.5) is 0 Å². The van der Waals surface area contributed by atoms with Crippen LogP contribution in [0.15, 0.2) is 29.2 Å². The van der Waals surface area contributed by atoms with Crippen LogP contribution in [0.3, 0.4) is 0 Å². The van der Waals surface area contributed by atoms with Crippen LogP contribution in [0.25, 0.3) is 0 Å². The Labute approximate surface area is 89.1 Å². The second kappa shape index (κ2) is 3.67. The predicted octanol–water partition coefficient (Wildman–Crippen LogP) is 3.40. The molecule has 0 N–H and O–H groups in total. The fourth-order valence-electron chi connectivity index (χ4n) is 1.46. The molecular formula is C12H13NS. The summed E-state index contributed by atoms with van der Waals surface area (Å²) in [5.74, 6) is 0. The third-order valence-electron chi connectivity index (χ3n) is 2.57. The van der Waals surface area contributed by atoms with Crippen molar-refractivity contribution >= 4 is 11.8 Å². The van der Waals surface area contributed by atoms with E-state index in [4.69, 9.17) is 5.26 Å². The molecule has 0 aromatic heterocycles. The minimum atomic E-state index is -0.0920. The molecule has 1 saturated carbocycles. The SMILES string of the molecule is CCc1ccccc1SC1(C#N)CC1. The van der Waals surface area contributed by atoms with Crippen molar-refractivity contribution in [3.63, 3.8) is 0 Å². The van der Waals surface area contributed by atoms with Crippen molar-refractivity contribution in [1.29, 1.82) is 5.26 Å². The summed E-state index contributed by atoms with van der Waals surface area (Å²) in [4.78, 5) is 1.29. The van der Waals surface area contributed by atoms with Crippen LogP contribution in [0.2, 0.25) is 0 Å². The lowest BCUT2D eigenvalue weighted by Gasteiger charge is -2.09. The average molecular weight is 203 g/mol. The molecule has 1 aliphatic rings. The van der Waals surface area contributed by atoms with Crippen LogP contribution in [0.5, 0.6) is 0 Å². The second-order valence-corrected chi connectivity index (χ2v) is 5.09. The van der Waals surface area contributed by atoms with Gasteiger partial charge in [0.05, 0.1) is 6.07 Å². The van der Waals surface area contributed by atoms with Gasteiger partial charge in [-0.25, -0.2) is 0 Å². The summed E-state index contributed by atoms with van der Waals surface area (Å²) >= 11 is 1.75. The van der Waals surface area contributed by atoms with E-state index in [1.165, 1.54) is 10.5 Å². The first kappa shape index (κ1) is 9.61. The zero-order valence-electron chi connectivity index (χ0n) is 8.29. The van der Waals surface area contributed by atoms with Gasteiger partial charge in [0.1, 0.15) is 4.75 Å². The topological polar surface area (TPSA) is 23.8 Å². The van der Waals surface area contributed by atoms with Crippen molar-refractivity contribution in [2.24, 2.45) is 0 Å². The maximum absolute atomic E-state index is 9.01. The number of nitrogens with zero attached hydrogens (tertiary/aromatic N) is 1. The summed E-state index contributed by atoms with van der Waals surface area (Å²) in [6.07, 6.45) is 3.14. The zero-order chi connectivity index (χ0) is 10.0. The van der Waals surface area contributed by atoms with E-state index in [0.717, 1.165) is 19.3 Å². The van der Waals surface area contributed by atoms with E-state index in [1.807, 2.05) is 0 Å². The van der Waals surface area contributed by atoms with Crippen LogP contribution in [0.1, 0.15) is 25.3 Å². The molecule has 14 heavy (non-hydrogen) atoms. The highest BCUT2D eigenvalue weighted by atomic mass is 32.2. The van der Waals surface area contributed by atoms with Gasteiger partial charge >= 0.3 is 0 Å². The molecule has 2 rings (SSSR count). The Kier molecular flexibility index (Phi) is 2.52. The zero-order valence-corrected chi connectivity index (χ0v) is 9.10. The first-order chi connectivity index (χ1) is 6.79. The highest BCUT2D eigenvalue weighted by Gasteiger charge is 2.44. The molecule has 0 radical (unpaired) electrons. The van der Waals surface area contributed by atoms with E-state index in [0.29, 0.717) is 0 Å². The fraction of sp³-hybridized carbons (Fsp3) is 0.417. The van der Waals surface area contributed by atoms with E-state index in [2.05, 4.69) is 37.3 Å². The van der Waals surface area contributed by atoms with Gasteiger partial charge in [0.15, 0.2) is 0 Å². The molecule has 0 bridgehead atoms. The van der Waals surface area contributed by atoms with Crippen LogP contribution < -0.4 is 0 Å². The lowest BCUT2D eigenvalue weighted by atomic mass is 10.2. The van der Waals surface area contributed by atoms with Gasteiger partial charge in [0, 0.05) is 4.90 Å². The third-order valence-corrected chi connectivity index (χ3v) is 4.08. The summed E-state index contributed by atoms with van der Waals surface area (Å²) in [6.45, 7) is 2.16. The van der Waals surface area contributed by atoms with Crippen molar-refractivity contribution in [1.82, 2.24) is 0 Å². The number of benzene rings is 1. The van der Waals surface area contributed by atoms with E-state index < -0.39 is 0 Å². The van der Waals surface area contributed by atoms with Crippen molar-refractivity contribution in [3.8, 4) is 6.07 Å². The molecule has 2 heteroatoms. The van der Waals surface area contributed by atoms with Gasteiger partial charge in [-0.1, -0.05) is 25.1 Å². The minimum absolute atomic E-state index is 0.0920. The first-order valence-corrected chi connectivity index (χ1v) is 5.79. The van der Waals surface area contributed by atoms with E-state index in [1.54, 1.807) is 11.8 Å². The van der Waals surface area contributed by atoms with E-state index in [-0.39, 0.29) is 4.75 Å². The number of hydrogen-bond donors (Lipinski definition) is 0. The normalized spacial score (nSPS) is 17.4. The molecule has 0 saturated heterocycles. The van der Waals surface area contributed by atoms with Gasteiger partial charge in [0.2, 0.25) is 0 Å². The molecule has 0 spiro atoms. The van der Waals surface area contributed by atoms with Crippen LogP contribution in [-0.2, 0) is 6.42 Å². The predicted molar refractivity (Wildman–Crippen MR) is 59.3 cm³/mol. The highest BCUT2D eigenvalue weighted by Crippen LogP contribution is 2.51. The largest absolute Gasteiger partial charge is 0.197 e. The summed E-state index contributed by atoms with van der Waals surface area (Å²) < 4.78 is -0.0920. The molecule has 72 valence electrons. The monoisotopic (exact) mass is 203 g/mol. The van der Waals surface area contributed by atoms with Gasteiger partial charge in [-0.05, 0) is 30.9 Å². The molecule has 0 heterocycles. The van der Waals surface area contributed by atoms with Crippen LogP contribution in [0, 0.1) is 11.3 Å². The van der Waals surface area contributed by atoms with Crippen molar-refractivity contribution in [3.05, 3.63) is 29.8 Å². The first-order valence-electron chi connectivity index (χ1n) is 4.98. The van der Waals surface area contributed by atoms with Crippen LogP contribution >= 0.6 is 11.8 Å². The van der Waals surface area contributed by atoms with Crippen molar-refractivity contribution in [2.45, 2.75) is 35.8 Å². The Hall–Kier alpha value is -0.940. The Morgan fingerprint density at radius 2 is 2.14 bits per heavy atom. The van der Waals surface area contributed by atoms with Crippen molar-refractivity contribution < 1.29 is 0 Å². The Balaban J connectivity index is 2.21. The van der Waals surface area contributed by atoms with Gasteiger partial charge < -0.3 is 0 Å². The molecule has 0 aliphatic heterocycles.